The highest BCUT2D eigenvalue weighted by molar-refractivity contribution is 5.50. The molecule has 1 aromatic heterocycles. The summed E-state index contributed by atoms with van der Waals surface area (Å²) in [5.41, 5.74) is 2.46. The van der Waals surface area contributed by atoms with Gasteiger partial charge in [-0.3, -0.25) is 0 Å². The van der Waals surface area contributed by atoms with Crippen LogP contribution in [0.15, 0.2) is 30.3 Å². The monoisotopic (exact) mass is 289 g/mol. The summed E-state index contributed by atoms with van der Waals surface area (Å²) in [7, 11) is 1.57. The van der Waals surface area contributed by atoms with E-state index >= 15 is 0 Å². The van der Waals surface area contributed by atoms with Crippen molar-refractivity contribution < 1.29 is 8.78 Å². The standard InChI is InChI=1S/C16H17F2N3/c1-19-15-13(17)9-14(18)16(20-15)21-8-4-7-11-5-2-3-6-12(11)10-21/h2-3,5-6,9H,4,7-8,10H2,1H3,(H,19,20). The number of pyridine rings is 1. The first-order chi connectivity index (χ1) is 10.2. The van der Waals surface area contributed by atoms with Crippen molar-refractivity contribution in [3.63, 3.8) is 0 Å². The van der Waals surface area contributed by atoms with E-state index < -0.39 is 11.6 Å². The van der Waals surface area contributed by atoms with E-state index in [2.05, 4.69) is 16.4 Å². The van der Waals surface area contributed by atoms with Crippen LogP contribution in [-0.2, 0) is 13.0 Å². The number of hydrogen-bond acceptors (Lipinski definition) is 3. The Bertz CT molecular complexity index is 658. The molecule has 0 amide bonds. The average molecular weight is 289 g/mol. The van der Waals surface area contributed by atoms with Gasteiger partial charge >= 0.3 is 0 Å². The van der Waals surface area contributed by atoms with Crippen molar-refractivity contribution in [1.82, 2.24) is 4.98 Å². The third-order valence-corrected chi connectivity index (χ3v) is 3.80. The molecule has 0 atom stereocenters. The number of hydrogen-bond donors (Lipinski definition) is 1. The third-order valence-electron chi connectivity index (χ3n) is 3.80. The average Bonchev–Trinajstić information content (AvgIpc) is 2.69. The van der Waals surface area contributed by atoms with E-state index in [1.54, 1.807) is 7.05 Å². The van der Waals surface area contributed by atoms with Gasteiger partial charge in [0.1, 0.15) is 0 Å². The number of nitrogens with zero attached hydrogens (tertiary/aromatic N) is 2. The van der Waals surface area contributed by atoms with Crippen molar-refractivity contribution in [3.8, 4) is 0 Å². The lowest BCUT2D eigenvalue weighted by molar-refractivity contribution is 0.568. The number of aromatic nitrogens is 1. The van der Waals surface area contributed by atoms with Gasteiger partial charge < -0.3 is 10.2 Å². The summed E-state index contributed by atoms with van der Waals surface area (Å²) in [5.74, 6) is -1.01. The maximum atomic E-state index is 14.1. The first-order valence-electron chi connectivity index (χ1n) is 7.04. The zero-order chi connectivity index (χ0) is 14.8. The summed E-state index contributed by atoms with van der Waals surface area (Å²) < 4.78 is 27.6. The van der Waals surface area contributed by atoms with Gasteiger partial charge in [-0.25, -0.2) is 13.8 Å². The summed E-state index contributed by atoms with van der Waals surface area (Å²) in [4.78, 5) is 5.97. The Labute approximate surface area is 122 Å². The number of nitrogens with one attached hydrogen (secondary N) is 1. The highest BCUT2D eigenvalue weighted by atomic mass is 19.1. The Morgan fingerprint density at radius 2 is 1.90 bits per heavy atom. The fourth-order valence-corrected chi connectivity index (χ4v) is 2.74. The van der Waals surface area contributed by atoms with E-state index in [9.17, 15) is 8.78 Å². The van der Waals surface area contributed by atoms with E-state index in [-0.39, 0.29) is 11.6 Å². The smallest absolute Gasteiger partial charge is 0.168 e. The molecule has 1 N–H and O–H groups in total. The van der Waals surface area contributed by atoms with Crippen LogP contribution in [0.25, 0.3) is 0 Å². The molecule has 0 radical (unpaired) electrons. The van der Waals surface area contributed by atoms with Crippen LogP contribution in [0, 0.1) is 11.6 Å². The number of halogens is 2. The van der Waals surface area contributed by atoms with Crippen molar-refractivity contribution in [2.75, 3.05) is 23.8 Å². The maximum Gasteiger partial charge on any atom is 0.168 e. The number of rotatable bonds is 2. The Balaban J connectivity index is 1.97. The van der Waals surface area contributed by atoms with Gasteiger partial charge in [0.2, 0.25) is 0 Å². The van der Waals surface area contributed by atoms with Crippen molar-refractivity contribution in [3.05, 3.63) is 53.1 Å². The fraction of sp³-hybridized carbons (Fsp3) is 0.312. The first-order valence-corrected chi connectivity index (χ1v) is 7.04. The second-order valence-corrected chi connectivity index (χ2v) is 5.17. The Hall–Kier alpha value is -2.17. The predicted molar refractivity (Wildman–Crippen MR) is 79.5 cm³/mol. The highest BCUT2D eigenvalue weighted by Crippen LogP contribution is 2.27. The molecular formula is C16H17F2N3. The van der Waals surface area contributed by atoms with Crippen LogP contribution in [0.5, 0.6) is 0 Å². The molecule has 0 bridgehead atoms. The summed E-state index contributed by atoms with van der Waals surface area (Å²) in [5, 5.41) is 2.66. The van der Waals surface area contributed by atoms with E-state index in [4.69, 9.17) is 0 Å². The molecule has 0 fully saturated rings. The molecule has 2 aromatic rings. The van der Waals surface area contributed by atoms with Gasteiger partial charge in [-0.2, -0.15) is 0 Å². The topological polar surface area (TPSA) is 28.2 Å². The molecule has 0 unspecified atom stereocenters. The Kier molecular flexibility index (Phi) is 3.73. The molecule has 5 heteroatoms. The van der Waals surface area contributed by atoms with Crippen LogP contribution in [0.4, 0.5) is 20.4 Å². The van der Waals surface area contributed by atoms with Crippen molar-refractivity contribution >= 4 is 11.6 Å². The molecule has 1 aliphatic heterocycles. The third kappa shape index (κ3) is 2.68. The number of fused-ring (bicyclic) bond motifs is 1. The molecular weight excluding hydrogens is 272 g/mol. The second kappa shape index (κ2) is 5.68. The van der Waals surface area contributed by atoms with Crippen LogP contribution < -0.4 is 10.2 Å². The van der Waals surface area contributed by atoms with Crippen LogP contribution in [0.3, 0.4) is 0 Å². The molecule has 3 nitrogen and oxygen atoms in total. The van der Waals surface area contributed by atoms with E-state index in [0.717, 1.165) is 18.9 Å². The van der Waals surface area contributed by atoms with Gasteiger partial charge in [0.25, 0.3) is 0 Å². The van der Waals surface area contributed by atoms with Crippen LogP contribution in [0.2, 0.25) is 0 Å². The molecule has 110 valence electrons. The lowest BCUT2D eigenvalue weighted by Gasteiger charge is -2.23. The summed E-state index contributed by atoms with van der Waals surface area (Å²) in [6, 6.07) is 9.05. The van der Waals surface area contributed by atoms with Gasteiger partial charge in [-0.05, 0) is 24.0 Å². The molecule has 2 heterocycles. The van der Waals surface area contributed by atoms with Crippen LogP contribution in [0.1, 0.15) is 17.5 Å². The normalized spacial score (nSPS) is 14.5. The van der Waals surface area contributed by atoms with Crippen molar-refractivity contribution in [2.45, 2.75) is 19.4 Å². The zero-order valence-electron chi connectivity index (χ0n) is 11.9. The molecule has 0 saturated heterocycles. The maximum absolute atomic E-state index is 14.1. The van der Waals surface area contributed by atoms with Gasteiger partial charge in [-0.1, -0.05) is 24.3 Å². The van der Waals surface area contributed by atoms with Gasteiger partial charge in [0.05, 0.1) is 0 Å². The lowest BCUT2D eigenvalue weighted by Crippen LogP contribution is -2.25. The summed E-state index contributed by atoms with van der Waals surface area (Å²) >= 11 is 0. The number of anilines is 2. The van der Waals surface area contributed by atoms with Crippen LogP contribution in [-0.4, -0.2) is 18.6 Å². The van der Waals surface area contributed by atoms with Crippen LogP contribution >= 0.6 is 0 Å². The van der Waals surface area contributed by atoms with E-state index in [1.807, 2.05) is 23.1 Å². The van der Waals surface area contributed by atoms with Crippen molar-refractivity contribution in [2.24, 2.45) is 0 Å². The number of benzene rings is 1. The summed E-state index contributed by atoms with van der Waals surface area (Å²) in [6.07, 6.45) is 1.89. The SMILES string of the molecule is CNc1nc(N2CCCc3ccccc3C2)c(F)cc1F. The van der Waals surface area contributed by atoms with Crippen molar-refractivity contribution in [1.29, 1.82) is 0 Å². The Morgan fingerprint density at radius 3 is 2.67 bits per heavy atom. The zero-order valence-corrected chi connectivity index (χ0v) is 11.9. The largest absolute Gasteiger partial charge is 0.371 e. The molecule has 3 rings (SSSR count). The van der Waals surface area contributed by atoms with E-state index in [1.165, 1.54) is 11.1 Å². The predicted octanol–water partition coefficient (Wildman–Crippen LogP) is 3.35. The minimum atomic E-state index is -0.672. The fourth-order valence-electron chi connectivity index (χ4n) is 2.74. The quantitative estimate of drug-likeness (QED) is 0.919. The van der Waals surface area contributed by atoms with E-state index in [0.29, 0.717) is 13.1 Å². The molecule has 0 saturated carbocycles. The van der Waals surface area contributed by atoms with Gasteiger partial charge in [0.15, 0.2) is 23.3 Å². The highest BCUT2D eigenvalue weighted by Gasteiger charge is 2.20. The minimum Gasteiger partial charge on any atom is -0.371 e. The Morgan fingerprint density at radius 1 is 1.14 bits per heavy atom. The molecule has 21 heavy (non-hydrogen) atoms. The molecule has 0 aliphatic carbocycles. The first kappa shape index (κ1) is 13.8. The lowest BCUT2D eigenvalue weighted by atomic mass is 10.0. The summed E-state index contributed by atoms with van der Waals surface area (Å²) in [6.45, 7) is 1.29. The number of aryl methyl sites for hydroxylation is 1. The molecule has 1 aromatic carbocycles. The van der Waals surface area contributed by atoms with Gasteiger partial charge in [-0.15, -0.1) is 0 Å². The van der Waals surface area contributed by atoms with Gasteiger partial charge in [0, 0.05) is 26.2 Å². The molecule has 1 aliphatic rings. The minimum absolute atomic E-state index is 0.0731. The second-order valence-electron chi connectivity index (χ2n) is 5.17. The molecule has 0 spiro atoms.